The molecule has 0 aliphatic carbocycles. The van der Waals surface area contributed by atoms with Crippen LogP contribution in [0.4, 0.5) is 0 Å². The van der Waals surface area contributed by atoms with Gasteiger partial charge < -0.3 is 5.32 Å². The molecule has 0 spiro atoms. The van der Waals surface area contributed by atoms with Gasteiger partial charge in [-0.3, -0.25) is 4.98 Å². The van der Waals surface area contributed by atoms with Gasteiger partial charge >= 0.3 is 0 Å². The molecule has 0 saturated heterocycles. The second-order valence-corrected chi connectivity index (χ2v) is 4.26. The number of hydrogen-bond acceptors (Lipinski definition) is 2. The van der Waals surface area contributed by atoms with Crippen LogP contribution in [-0.4, -0.2) is 4.98 Å². The Morgan fingerprint density at radius 2 is 1.94 bits per heavy atom. The first-order chi connectivity index (χ1) is 7.84. The maximum Gasteiger partial charge on any atom is 0.0708 e. The fourth-order valence-corrected chi connectivity index (χ4v) is 2.19. The lowest BCUT2D eigenvalue weighted by Crippen LogP contribution is -1.99. The van der Waals surface area contributed by atoms with Crippen molar-refractivity contribution in [1.82, 2.24) is 10.3 Å². The van der Waals surface area contributed by atoms with E-state index >= 15 is 0 Å². The normalized spacial score (nSPS) is 13.8. The maximum absolute atomic E-state index is 4.54. The van der Waals surface area contributed by atoms with Crippen molar-refractivity contribution in [2.24, 2.45) is 0 Å². The third-order valence-corrected chi connectivity index (χ3v) is 3.13. The third kappa shape index (κ3) is 1.51. The van der Waals surface area contributed by atoms with Crippen LogP contribution < -0.4 is 5.32 Å². The second-order valence-electron chi connectivity index (χ2n) is 4.26. The number of benzene rings is 1. The molecular weight excluding hydrogens is 196 g/mol. The molecule has 16 heavy (non-hydrogen) atoms. The van der Waals surface area contributed by atoms with Gasteiger partial charge in [-0.15, -0.1) is 0 Å². The summed E-state index contributed by atoms with van der Waals surface area (Å²) >= 11 is 0. The van der Waals surface area contributed by atoms with Crippen LogP contribution in [-0.2, 0) is 13.1 Å². The minimum Gasteiger partial charge on any atom is -0.309 e. The second kappa shape index (κ2) is 3.72. The SMILES string of the molecule is Cc1ccccc1-c1cc2c(cn1)CNC2. The lowest BCUT2D eigenvalue weighted by Gasteiger charge is -2.06. The average molecular weight is 210 g/mol. The summed E-state index contributed by atoms with van der Waals surface area (Å²) in [7, 11) is 0. The molecule has 0 unspecified atom stereocenters. The lowest BCUT2D eigenvalue weighted by atomic mass is 10.0. The summed E-state index contributed by atoms with van der Waals surface area (Å²) in [6.07, 6.45) is 2.00. The summed E-state index contributed by atoms with van der Waals surface area (Å²) in [5.41, 5.74) is 6.31. The minimum absolute atomic E-state index is 0.955. The van der Waals surface area contributed by atoms with Crippen molar-refractivity contribution in [2.45, 2.75) is 20.0 Å². The molecule has 1 aliphatic heterocycles. The summed E-state index contributed by atoms with van der Waals surface area (Å²) in [5, 5.41) is 3.34. The molecule has 2 heterocycles. The smallest absolute Gasteiger partial charge is 0.0708 e. The van der Waals surface area contributed by atoms with E-state index in [2.05, 4.69) is 47.6 Å². The zero-order valence-corrected chi connectivity index (χ0v) is 9.33. The maximum atomic E-state index is 4.54. The minimum atomic E-state index is 0.955. The fourth-order valence-electron chi connectivity index (χ4n) is 2.19. The molecule has 0 saturated carbocycles. The van der Waals surface area contributed by atoms with Crippen LogP contribution in [0.5, 0.6) is 0 Å². The van der Waals surface area contributed by atoms with Crippen LogP contribution in [0.25, 0.3) is 11.3 Å². The van der Waals surface area contributed by atoms with Crippen LogP contribution in [0, 0.1) is 6.92 Å². The van der Waals surface area contributed by atoms with Crippen molar-refractivity contribution in [3.63, 3.8) is 0 Å². The number of rotatable bonds is 1. The average Bonchev–Trinajstić information content (AvgIpc) is 2.76. The number of aromatic nitrogens is 1. The quantitative estimate of drug-likeness (QED) is 0.782. The van der Waals surface area contributed by atoms with Crippen molar-refractivity contribution in [3.05, 3.63) is 53.2 Å². The zero-order chi connectivity index (χ0) is 11.0. The number of fused-ring (bicyclic) bond motifs is 1. The van der Waals surface area contributed by atoms with Gasteiger partial charge in [0.15, 0.2) is 0 Å². The van der Waals surface area contributed by atoms with E-state index in [0.29, 0.717) is 0 Å². The summed E-state index contributed by atoms with van der Waals surface area (Å²) < 4.78 is 0. The largest absolute Gasteiger partial charge is 0.309 e. The summed E-state index contributed by atoms with van der Waals surface area (Å²) in [6.45, 7) is 4.05. The molecule has 2 heteroatoms. The molecule has 80 valence electrons. The number of hydrogen-bond donors (Lipinski definition) is 1. The predicted octanol–water partition coefficient (Wildman–Crippen LogP) is 2.66. The zero-order valence-electron chi connectivity index (χ0n) is 9.33. The highest BCUT2D eigenvalue weighted by Gasteiger charge is 2.12. The molecule has 1 aromatic carbocycles. The van der Waals surface area contributed by atoms with E-state index in [4.69, 9.17) is 0 Å². The van der Waals surface area contributed by atoms with Crippen molar-refractivity contribution in [2.75, 3.05) is 0 Å². The molecule has 2 aromatic rings. The molecule has 0 atom stereocenters. The van der Waals surface area contributed by atoms with Crippen LogP contribution in [0.1, 0.15) is 16.7 Å². The first-order valence-corrected chi connectivity index (χ1v) is 5.59. The molecule has 0 amide bonds. The molecule has 1 aromatic heterocycles. The molecule has 2 nitrogen and oxygen atoms in total. The van der Waals surface area contributed by atoms with Crippen molar-refractivity contribution >= 4 is 0 Å². The Balaban J connectivity index is 2.11. The number of nitrogens with one attached hydrogen (secondary N) is 1. The van der Waals surface area contributed by atoms with Gasteiger partial charge in [-0.1, -0.05) is 24.3 Å². The molecule has 1 aliphatic rings. The fraction of sp³-hybridized carbons (Fsp3) is 0.214. The highest BCUT2D eigenvalue weighted by molar-refractivity contribution is 5.64. The molecule has 0 bridgehead atoms. The Kier molecular flexibility index (Phi) is 2.22. The summed E-state index contributed by atoms with van der Waals surface area (Å²) in [4.78, 5) is 4.54. The Labute approximate surface area is 95.3 Å². The van der Waals surface area contributed by atoms with E-state index in [1.54, 1.807) is 0 Å². The first-order valence-electron chi connectivity index (χ1n) is 5.59. The van der Waals surface area contributed by atoms with Crippen molar-refractivity contribution in [3.8, 4) is 11.3 Å². The standard InChI is InChI=1S/C14H14N2/c1-10-4-2-3-5-13(10)14-6-11-7-15-8-12(11)9-16-14/h2-6,9,15H,7-8H2,1H3. The van der Waals surface area contributed by atoms with Gasteiger partial charge in [0, 0.05) is 24.8 Å². The van der Waals surface area contributed by atoms with E-state index in [0.717, 1.165) is 18.8 Å². The molecule has 0 radical (unpaired) electrons. The Morgan fingerprint density at radius 3 is 2.81 bits per heavy atom. The third-order valence-electron chi connectivity index (χ3n) is 3.13. The molecule has 0 fully saturated rings. The number of nitrogens with zero attached hydrogens (tertiary/aromatic N) is 1. The molecule has 1 N–H and O–H groups in total. The molecular formula is C14H14N2. The van der Waals surface area contributed by atoms with Gasteiger partial charge in [0.05, 0.1) is 5.69 Å². The summed E-state index contributed by atoms with van der Waals surface area (Å²) in [5.74, 6) is 0. The van der Waals surface area contributed by atoms with E-state index in [9.17, 15) is 0 Å². The van der Waals surface area contributed by atoms with Crippen molar-refractivity contribution < 1.29 is 0 Å². The van der Waals surface area contributed by atoms with Gasteiger partial charge in [-0.2, -0.15) is 0 Å². The van der Waals surface area contributed by atoms with Crippen LogP contribution in [0.3, 0.4) is 0 Å². The van der Waals surface area contributed by atoms with E-state index in [1.807, 2.05) is 6.20 Å². The van der Waals surface area contributed by atoms with Crippen LogP contribution in [0.2, 0.25) is 0 Å². The molecule has 3 rings (SSSR count). The highest BCUT2D eigenvalue weighted by atomic mass is 14.9. The summed E-state index contributed by atoms with van der Waals surface area (Å²) in [6, 6.07) is 10.6. The Hall–Kier alpha value is -1.67. The van der Waals surface area contributed by atoms with E-state index < -0.39 is 0 Å². The monoisotopic (exact) mass is 210 g/mol. The number of aryl methyl sites for hydroxylation is 1. The highest BCUT2D eigenvalue weighted by Crippen LogP contribution is 2.24. The Bertz CT molecular complexity index is 532. The van der Waals surface area contributed by atoms with Gasteiger partial charge in [0.25, 0.3) is 0 Å². The van der Waals surface area contributed by atoms with Crippen LogP contribution in [0.15, 0.2) is 36.5 Å². The van der Waals surface area contributed by atoms with Gasteiger partial charge in [0.1, 0.15) is 0 Å². The topological polar surface area (TPSA) is 24.9 Å². The Morgan fingerprint density at radius 1 is 1.12 bits per heavy atom. The number of pyridine rings is 1. The van der Waals surface area contributed by atoms with E-state index in [1.165, 1.54) is 22.3 Å². The van der Waals surface area contributed by atoms with Gasteiger partial charge in [0.2, 0.25) is 0 Å². The van der Waals surface area contributed by atoms with Crippen molar-refractivity contribution in [1.29, 1.82) is 0 Å². The first kappa shape index (κ1) is 9.55. The van der Waals surface area contributed by atoms with Gasteiger partial charge in [-0.25, -0.2) is 0 Å². The van der Waals surface area contributed by atoms with Gasteiger partial charge in [-0.05, 0) is 29.7 Å². The van der Waals surface area contributed by atoms with Crippen LogP contribution >= 0.6 is 0 Å². The van der Waals surface area contributed by atoms with E-state index in [-0.39, 0.29) is 0 Å². The lowest BCUT2D eigenvalue weighted by molar-refractivity contribution is 0.764. The predicted molar refractivity (Wildman–Crippen MR) is 65.0 cm³/mol.